The summed E-state index contributed by atoms with van der Waals surface area (Å²) in [6.45, 7) is 0. The largest absolute Gasteiger partial charge is 0.411 e. The lowest BCUT2D eigenvalue weighted by molar-refractivity contribution is 0.108. The molecule has 0 saturated heterocycles. The van der Waals surface area contributed by atoms with Gasteiger partial charge in [-0.15, -0.1) is 10.2 Å². The third kappa shape index (κ3) is 2.78. The topological polar surface area (TPSA) is 56.0 Å². The SMILES string of the molecule is O=C(Sc1nnc(-c2ccccc2)o1)c1ccccc1. The smallest absolute Gasteiger partial charge is 0.284 e. The monoisotopic (exact) mass is 282 g/mol. The van der Waals surface area contributed by atoms with Gasteiger partial charge in [0.05, 0.1) is 0 Å². The molecule has 0 bridgehead atoms. The van der Waals surface area contributed by atoms with Gasteiger partial charge in [0.25, 0.3) is 5.22 Å². The van der Waals surface area contributed by atoms with E-state index in [0.29, 0.717) is 11.5 Å². The van der Waals surface area contributed by atoms with Gasteiger partial charge in [0.1, 0.15) is 0 Å². The molecule has 2 aromatic carbocycles. The minimum absolute atomic E-state index is 0.117. The highest BCUT2D eigenvalue weighted by atomic mass is 32.2. The van der Waals surface area contributed by atoms with E-state index in [9.17, 15) is 4.79 Å². The quantitative estimate of drug-likeness (QED) is 0.686. The van der Waals surface area contributed by atoms with Crippen molar-refractivity contribution in [1.82, 2.24) is 10.2 Å². The molecule has 0 amide bonds. The lowest BCUT2D eigenvalue weighted by Gasteiger charge is -1.95. The van der Waals surface area contributed by atoms with Gasteiger partial charge < -0.3 is 4.42 Å². The summed E-state index contributed by atoms with van der Waals surface area (Å²) < 4.78 is 5.48. The lowest BCUT2D eigenvalue weighted by Crippen LogP contribution is -1.92. The van der Waals surface area contributed by atoms with Crippen LogP contribution < -0.4 is 0 Å². The molecule has 0 saturated carbocycles. The second-order valence-corrected chi connectivity index (χ2v) is 4.92. The Kier molecular flexibility index (Phi) is 3.60. The van der Waals surface area contributed by atoms with Crippen LogP contribution in [0.15, 0.2) is 70.3 Å². The fourth-order valence-electron chi connectivity index (χ4n) is 1.66. The summed E-state index contributed by atoms with van der Waals surface area (Å²) in [6.07, 6.45) is 0. The van der Waals surface area contributed by atoms with Crippen LogP contribution in [-0.2, 0) is 0 Å². The molecule has 4 nitrogen and oxygen atoms in total. The molecule has 0 N–H and O–H groups in total. The summed E-state index contributed by atoms with van der Waals surface area (Å²) in [6, 6.07) is 18.4. The number of nitrogens with zero attached hydrogens (tertiary/aromatic N) is 2. The van der Waals surface area contributed by atoms with E-state index in [4.69, 9.17) is 4.42 Å². The highest BCUT2D eigenvalue weighted by molar-refractivity contribution is 8.14. The second-order valence-electron chi connectivity index (χ2n) is 3.99. The third-order valence-corrected chi connectivity index (χ3v) is 3.38. The van der Waals surface area contributed by atoms with Crippen molar-refractivity contribution in [3.8, 4) is 11.5 Å². The van der Waals surface area contributed by atoms with Gasteiger partial charge in [-0.05, 0) is 12.1 Å². The van der Waals surface area contributed by atoms with Gasteiger partial charge in [-0.2, -0.15) is 0 Å². The Labute approximate surface area is 119 Å². The van der Waals surface area contributed by atoms with Crippen LogP contribution in [0.4, 0.5) is 0 Å². The molecule has 0 unspecified atom stereocenters. The summed E-state index contributed by atoms with van der Waals surface area (Å²) in [5, 5.41) is 7.96. The molecule has 20 heavy (non-hydrogen) atoms. The van der Waals surface area contributed by atoms with E-state index in [-0.39, 0.29) is 10.3 Å². The first-order chi connectivity index (χ1) is 9.83. The molecular formula is C15H10N2O2S. The summed E-state index contributed by atoms with van der Waals surface area (Å²) in [7, 11) is 0. The van der Waals surface area contributed by atoms with Crippen molar-refractivity contribution < 1.29 is 9.21 Å². The minimum Gasteiger partial charge on any atom is -0.411 e. The normalized spacial score (nSPS) is 10.4. The molecule has 0 aliphatic carbocycles. The summed E-state index contributed by atoms with van der Waals surface area (Å²) in [4.78, 5) is 12.0. The Hall–Kier alpha value is -2.40. The van der Waals surface area contributed by atoms with Gasteiger partial charge in [-0.1, -0.05) is 48.5 Å². The van der Waals surface area contributed by atoms with Crippen LogP contribution in [0.5, 0.6) is 0 Å². The maximum atomic E-state index is 12.0. The van der Waals surface area contributed by atoms with Gasteiger partial charge in [-0.25, -0.2) is 0 Å². The number of hydrogen-bond acceptors (Lipinski definition) is 5. The Bertz CT molecular complexity index is 711. The standard InChI is InChI=1S/C15H10N2O2S/c18-14(12-9-5-2-6-10-12)20-15-17-16-13(19-15)11-7-3-1-4-8-11/h1-10H. The van der Waals surface area contributed by atoms with Crippen LogP contribution in [-0.4, -0.2) is 15.3 Å². The Morgan fingerprint density at radius 3 is 2.25 bits per heavy atom. The average molecular weight is 282 g/mol. The third-order valence-electron chi connectivity index (χ3n) is 2.62. The predicted molar refractivity (Wildman–Crippen MR) is 76.4 cm³/mol. The molecule has 3 rings (SSSR count). The Balaban J connectivity index is 1.77. The van der Waals surface area contributed by atoms with Crippen molar-refractivity contribution in [2.75, 3.05) is 0 Å². The van der Waals surface area contributed by atoms with E-state index in [0.717, 1.165) is 17.3 Å². The predicted octanol–water partition coefficient (Wildman–Crippen LogP) is 3.67. The highest BCUT2D eigenvalue weighted by Gasteiger charge is 2.14. The second kappa shape index (κ2) is 5.71. The molecule has 98 valence electrons. The number of thioether (sulfide) groups is 1. The van der Waals surface area contributed by atoms with Crippen LogP contribution in [0.2, 0.25) is 0 Å². The minimum atomic E-state index is -0.117. The number of carbonyl (C=O) groups is 1. The number of hydrogen-bond donors (Lipinski definition) is 0. The Morgan fingerprint density at radius 2 is 1.55 bits per heavy atom. The van der Waals surface area contributed by atoms with Crippen LogP contribution in [0.25, 0.3) is 11.5 Å². The molecule has 1 aromatic heterocycles. The molecule has 1 heterocycles. The van der Waals surface area contributed by atoms with E-state index < -0.39 is 0 Å². The zero-order chi connectivity index (χ0) is 13.8. The number of aromatic nitrogens is 2. The molecule has 0 fully saturated rings. The maximum absolute atomic E-state index is 12.0. The fraction of sp³-hybridized carbons (Fsp3) is 0. The van der Waals surface area contributed by atoms with E-state index in [1.807, 2.05) is 48.5 Å². The first-order valence-electron chi connectivity index (χ1n) is 5.99. The van der Waals surface area contributed by atoms with Crippen LogP contribution in [0.3, 0.4) is 0 Å². The molecular weight excluding hydrogens is 272 g/mol. The zero-order valence-electron chi connectivity index (χ0n) is 10.4. The van der Waals surface area contributed by atoms with Gasteiger partial charge >= 0.3 is 0 Å². The molecule has 0 spiro atoms. The van der Waals surface area contributed by atoms with E-state index in [2.05, 4.69) is 10.2 Å². The summed E-state index contributed by atoms with van der Waals surface area (Å²) in [5.74, 6) is 0.411. The van der Waals surface area contributed by atoms with E-state index in [1.54, 1.807) is 12.1 Å². The van der Waals surface area contributed by atoms with Gasteiger partial charge in [0.15, 0.2) is 0 Å². The molecule has 0 aliphatic rings. The number of carbonyl (C=O) groups excluding carboxylic acids is 1. The van der Waals surface area contributed by atoms with Crippen LogP contribution in [0.1, 0.15) is 10.4 Å². The van der Waals surface area contributed by atoms with E-state index in [1.165, 1.54) is 0 Å². The maximum Gasteiger partial charge on any atom is 0.284 e. The molecule has 0 radical (unpaired) electrons. The van der Waals surface area contributed by atoms with Crippen LogP contribution in [0, 0.1) is 0 Å². The summed E-state index contributed by atoms with van der Waals surface area (Å²) in [5.41, 5.74) is 1.44. The number of benzene rings is 2. The fourth-order valence-corrected chi connectivity index (χ4v) is 2.28. The van der Waals surface area contributed by atoms with Gasteiger partial charge in [-0.3, -0.25) is 4.79 Å². The highest BCUT2D eigenvalue weighted by Crippen LogP contribution is 2.25. The van der Waals surface area contributed by atoms with Crippen molar-refractivity contribution in [3.63, 3.8) is 0 Å². The van der Waals surface area contributed by atoms with Crippen molar-refractivity contribution in [2.24, 2.45) is 0 Å². The van der Waals surface area contributed by atoms with Crippen molar-refractivity contribution in [2.45, 2.75) is 5.22 Å². The Morgan fingerprint density at radius 1 is 0.900 bits per heavy atom. The first-order valence-corrected chi connectivity index (χ1v) is 6.81. The van der Waals surface area contributed by atoms with Crippen molar-refractivity contribution in [1.29, 1.82) is 0 Å². The average Bonchev–Trinajstić information content (AvgIpc) is 2.97. The van der Waals surface area contributed by atoms with Gasteiger partial charge in [0.2, 0.25) is 11.0 Å². The number of rotatable bonds is 3. The lowest BCUT2D eigenvalue weighted by atomic mass is 10.2. The molecule has 0 atom stereocenters. The van der Waals surface area contributed by atoms with Gasteiger partial charge in [0, 0.05) is 22.9 Å². The molecule has 3 aromatic rings. The van der Waals surface area contributed by atoms with E-state index >= 15 is 0 Å². The summed E-state index contributed by atoms with van der Waals surface area (Å²) >= 11 is 0.933. The molecule has 5 heteroatoms. The first kappa shape index (κ1) is 12.6. The zero-order valence-corrected chi connectivity index (χ0v) is 11.2. The van der Waals surface area contributed by atoms with Crippen molar-refractivity contribution >= 4 is 16.9 Å². The van der Waals surface area contributed by atoms with Crippen LogP contribution >= 0.6 is 11.8 Å². The molecule has 0 aliphatic heterocycles. The van der Waals surface area contributed by atoms with Crippen molar-refractivity contribution in [3.05, 3.63) is 66.2 Å².